The van der Waals surface area contributed by atoms with E-state index in [4.69, 9.17) is 0 Å². The van der Waals surface area contributed by atoms with Gasteiger partial charge in [0.05, 0.1) is 5.69 Å². The summed E-state index contributed by atoms with van der Waals surface area (Å²) < 4.78 is 1.78. The topological polar surface area (TPSA) is 53.6 Å². The van der Waals surface area contributed by atoms with Gasteiger partial charge >= 0.3 is 5.91 Å². The van der Waals surface area contributed by atoms with Crippen LogP contribution in [0.2, 0.25) is 0 Å². The summed E-state index contributed by atoms with van der Waals surface area (Å²) in [6.07, 6.45) is 15.8. The number of aromatic nitrogens is 1. The van der Waals surface area contributed by atoms with Crippen LogP contribution in [0.25, 0.3) is 0 Å². The van der Waals surface area contributed by atoms with E-state index in [1.54, 1.807) is 4.57 Å². The molecule has 170 valence electrons. The van der Waals surface area contributed by atoms with E-state index in [1.807, 2.05) is 60.9 Å². The van der Waals surface area contributed by atoms with E-state index in [0.717, 1.165) is 19.3 Å². The molecule has 1 aromatic carbocycles. The average Bonchev–Trinajstić information content (AvgIpc) is 3.05. The lowest BCUT2D eigenvalue weighted by molar-refractivity contribution is -0.693. The molecule has 0 spiro atoms. The van der Waals surface area contributed by atoms with Crippen LogP contribution in [0.1, 0.15) is 77.2 Å². The van der Waals surface area contributed by atoms with Crippen LogP contribution in [-0.2, 0) is 9.59 Å². The van der Waals surface area contributed by atoms with Crippen LogP contribution in [0.5, 0.6) is 0 Å². The zero-order chi connectivity index (χ0) is 22.6. The number of amides is 2. The Morgan fingerprint density at radius 3 is 1.97 bits per heavy atom. The SMILES string of the molecule is CCCCCCCCCCCCN1C(=O)C(=Nc2ccccc2)C([n+]2ccccc2)C1=O. The summed E-state index contributed by atoms with van der Waals surface area (Å²) in [6, 6.07) is 14.3. The van der Waals surface area contributed by atoms with Crippen LogP contribution in [0.15, 0.2) is 65.9 Å². The third kappa shape index (κ3) is 6.59. The third-order valence-electron chi connectivity index (χ3n) is 6.00. The molecular weight excluding hydrogens is 398 g/mol. The number of aliphatic imine (C=N–C) groups is 1. The summed E-state index contributed by atoms with van der Waals surface area (Å²) in [6.45, 7) is 2.71. The maximum atomic E-state index is 13.2. The number of pyridine rings is 1. The number of carbonyl (C=O) groups excluding carboxylic acids is 2. The quantitative estimate of drug-likeness (QED) is 0.235. The highest BCUT2D eigenvalue weighted by Gasteiger charge is 2.50. The number of likely N-dealkylation sites (tertiary alicyclic amines) is 1. The minimum Gasteiger partial charge on any atom is -0.271 e. The molecule has 32 heavy (non-hydrogen) atoms. The van der Waals surface area contributed by atoms with Crippen LogP contribution in [0, 0.1) is 0 Å². The average molecular weight is 435 g/mol. The van der Waals surface area contributed by atoms with Gasteiger partial charge in [-0.3, -0.25) is 14.5 Å². The van der Waals surface area contributed by atoms with Crippen molar-refractivity contribution >= 4 is 23.2 Å². The maximum absolute atomic E-state index is 13.2. The molecule has 2 aromatic rings. The highest BCUT2D eigenvalue weighted by molar-refractivity contribution is 6.50. The molecule has 5 heteroatoms. The molecule has 1 aliphatic heterocycles. The molecule has 0 N–H and O–H groups in total. The minimum atomic E-state index is -0.702. The Kier molecular flexibility index (Phi) is 9.60. The summed E-state index contributed by atoms with van der Waals surface area (Å²) >= 11 is 0. The van der Waals surface area contributed by atoms with Crippen LogP contribution in [0.4, 0.5) is 5.69 Å². The van der Waals surface area contributed by atoms with Gasteiger partial charge < -0.3 is 0 Å². The summed E-state index contributed by atoms with van der Waals surface area (Å²) in [5.74, 6) is -0.451. The van der Waals surface area contributed by atoms with E-state index < -0.39 is 6.04 Å². The lowest BCUT2D eigenvalue weighted by Gasteiger charge is -2.12. The van der Waals surface area contributed by atoms with Crippen LogP contribution < -0.4 is 4.57 Å². The first-order valence-corrected chi connectivity index (χ1v) is 12.2. The van der Waals surface area contributed by atoms with Gasteiger partial charge in [-0.05, 0) is 18.6 Å². The fourth-order valence-corrected chi connectivity index (χ4v) is 4.19. The number of unbranched alkanes of at least 4 members (excludes halogenated alkanes) is 9. The molecule has 0 bridgehead atoms. The Morgan fingerprint density at radius 1 is 0.781 bits per heavy atom. The zero-order valence-corrected chi connectivity index (χ0v) is 19.3. The van der Waals surface area contributed by atoms with E-state index in [2.05, 4.69) is 11.9 Å². The normalized spacial score (nSPS) is 17.5. The summed E-state index contributed by atoms with van der Waals surface area (Å²) in [5, 5.41) is 0. The Morgan fingerprint density at radius 2 is 1.34 bits per heavy atom. The second-order valence-electron chi connectivity index (χ2n) is 8.53. The molecule has 1 fully saturated rings. The highest BCUT2D eigenvalue weighted by Crippen LogP contribution is 2.23. The number of carbonyl (C=O) groups is 2. The first-order chi connectivity index (χ1) is 15.7. The molecule has 1 aromatic heterocycles. The predicted octanol–water partition coefficient (Wildman–Crippen LogP) is 5.58. The molecule has 2 amide bonds. The summed E-state index contributed by atoms with van der Waals surface area (Å²) in [7, 11) is 0. The van der Waals surface area contributed by atoms with Gasteiger partial charge in [0, 0.05) is 18.7 Å². The van der Waals surface area contributed by atoms with Crippen LogP contribution >= 0.6 is 0 Å². The van der Waals surface area contributed by atoms with Crippen LogP contribution in [-0.4, -0.2) is 29.0 Å². The number of hydrogen-bond donors (Lipinski definition) is 0. The van der Waals surface area contributed by atoms with E-state index in [0.29, 0.717) is 17.9 Å². The number of nitrogens with zero attached hydrogens (tertiary/aromatic N) is 3. The molecule has 1 saturated heterocycles. The minimum absolute atomic E-state index is 0.184. The largest absolute Gasteiger partial charge is 0.305 e. The molecule has 0 radical (unpaired) electrons. The molecule has 1 atom stereocenters. The van der Waals surface area contributed by atoms with Crippen molar-refractivity contribution in [3.8, 4) is 0 Å². The highest BCUT2D eigenvalue weighted by atomic mass is 16.2. The first kappa shape index (κ1) is 23.8. The lowest BCUT2D eigenvalue weighted by atomic mass is 10.1. The number of imide groups is 1. The summed E-state index contributed by atoms with van der Waals surface area (Å²) in [4.78, 5) is 32.3. The number of para-hydroxylation sites is 1. The van der Waals surface area contributed by atoms with Gasteiger partial charge in [0.2, 0.25) is 0 Å². The fourth-order valence-electron chi connectivity index (χ4n) is 4.19. The lowest BCUT2D eigenvalue weighted by Crippen LogP contribution is -2.46. The van der Waals surface area contributed by atoms with E-state index >= 15 is 0 Å². The van der Waals surface area contributed by atoms with Gasteiger partial charge in [0.15, 0.2) is 18.1 Å². The van der Waals surface area contributed by atoms with Gasteiger partial charge in [-0.25, -0.2) is 4.99 Å². The number of hydrogen-bond acceptors (Lipinski definition) is 3. The van der Waals surface area contributed by atoms with E-state index in [9.17, 15) is 9.59 Å². The van der Waals surface area contributed by atoms with Crippen molar-refractivity contribution in [2.45, 2.75) is 77.2 Å². The number of benzene rings is 1. The Hall–Kier alpha value is -2.82. The van der Waals surface area contributed by atoms with Crippen molar-refractivity contribution in [2.75, 3.05) is 6.54 Å². The van der Waals surface area contributed by atoms with E-state index in [-0.39, 0.29) is 11.8 Å². The Balaban J connectivity index is 1.57. The molecule has 5 nitrogen and oxygen atoms in total. The van der Waals surface area contributed by atoms with Crippen molar-refractivity contribution in [3.05, 3.63) is 60.9 Å². The third-order valence-corrected chi connectivity index (χ3v) is 6.00. The van der Waals surface area contributed by atoms with Crippen molar-refractivity contribution in [3.63, 3.8) is 0 Å². The number of rotatable bonds is 13. The van der Waals surface area contributed by atoms with Crippen molar-refractivity contribution in [1.29, 1.82) is 0 Å². The molecule has 3 rings (SSSR count). The van der Waals surface area contributed by atoms with Gasteiger partial charge in [-0.15, -0.1) is 0 Å². The zero-order valence-electron chi connectivity index (χ0n) is 19.3. The van der Waals surface area contributed by atoms with Crippen molar-refractivity contribution in [1.82, 2.24) is 4.90 Å². The van der Waals surface area contributed by atoms with Crippen molar-refractivity contribution in [2.24, 2.45) is 4.99 Å². The molecule has 2 heterocycles. The monoisotopic (exact) mass is 434 g/mol. The van der Waals surface area contributed by atoms with E-state index in [1.165, 1.54) is 49.8 Å². The Bertz CT molecular complexity index is 880. The molecular formula is C27H36N3O2+. The van der Waals surface area contributed by atoms with Crippen molar-refractivity contribution < 1.29 is 14.2 Å². The van der Waals surface area contributed by atoms with Gasteiger partial charge in [0.25, 0.3) is 11.9 Å². The second kappa shape index (κ2) is 12.9. The maximum Gasteiger partial charge on any atom is 0.305 e. The molecule has 1 unspecified atom stereocenters. The summed E-state index contributed by atoms with van der Waals surface area (Å²) in [5.41, 5.74) is 0.982. The molecule has 1 aliphatic rings. The fraction of sp³-hybridized carbons (Fsp3) is 0.481. The Labute approximate surface area is 192 Å². The smallest absolute Gasteiger partial charge is 0.271 e. The predicted molar refractivity (Wildman–Crippen MR) is 128 cm³/mol. The van der Waals surface area contributed by atoms with Gasteiger partial charge in [-0.1, -0.05) is 89.0 Å². The standard InChI is InChI=1S/C27H36N3O2/c1-2-3-4-5-6-7-8-9-10-17-22-30-26(31)24(28-23-18-13-11-14-19-23)25(27(30)32)29-20-15-12-16-21-29/h11-16,18-21,25H,2-10,17,22H2,1H3/q+1. The van der Waals surface area contributed by atoms with Crippen LogP contribution in [0.3, 0.4) is 0 Å². The molecule has 0 aliphatic carbocycles. The van der Waals surface area contributed by atoms with Gasteiger partial charge in [-0.2, -0.15) is 4.57 Å². The first-order valence-electron chi connectivity index (χ1n) is 12.2. The van der Waals surface area contributed by atoms with Gasteiger partial charge in [0.1, 0.15) is 0 Å². The second-order valence-corrected chi connectivity index (χ2v) is 8.53. The molecule has 0 saturated carbocycles.